The summed E-state index contributed by atoms with van der Waals surface area (Å²) in [7, 11) is 0. The second kappa shape index (κ2) is 7.17. The van der Waals surface area contributed by atoms with Crippen molar-refractivity contribution in [2.45, 2.75) is 38.0 Å². The average Bonchev–Trinajstić information content (AvgIpc) is 3.17. The Kier molecular flexibility index (Phi) is 4.71. The van der Waals surface area contributed by atoms with Crippen LogP contribution in [0.5, 0.6) is 11.5 Å². The van der Waals surface area contributed by atoms with E-state index in [0.29, 0.717) is 42.9 Å². The number of phenolic OH excluding ortho intramolecular Hbond substituents is 1. The van der Waals surface area contributed by atoms with E-state index in [2.05, 4.69) is 27.0 Å². The molecule has 3 aliphatic heterocycles. The highest BCUT2D eigenvalue weighted by atomic mass is 79.9. The quantitative estimate of drug-likeness (QED) is 0.630. The molecule has 1 amide bonds. The molecule has 0 aromatic heterocycles. The van der Waals surface area contributed by atoms with Gasteiger partial charge in [0, 0.05) is 59.9 Å². The molecule has 1 spiro atoms. The van der Waals surface area contributed by atoms with Crippen molar-refractivity contribution >= 4 is 39.1 Å². The van der Waals surface area contributed by atoms with Crippen LogP contribution in [0.4, 0.5) is 0 Å². The van der Waals surface area contributed by atoms with Gasteiger partial charge in [-0.05, 0) is 36.4 Å². The minimum atomic E-state index is -0.618. The van der Waals surface area contributed by atoms with Crippen LogP contribution < -0.4 is 4.74 Å². The van der Waals surface area contributed by atoms with Gasteiger partial charge >= 0.3 is 0 Å². The highest BCUT2D eigenvalue weighted by Crippen LogP contribution is 2.51. The summed E-state index contributed by atoms with van der Waals surface area (Å²) in [5, 5.41) is 18.0. The maximum absolute atomic E-state index is 11.8. The number of carbonyl (C=O) groups excluding carboxylic acids is 1. The lowest BCUT2D eigenvalue weighted by molar-refractivity contribution is -0.158. The Morgan fingerprint density at radius 2 is 2.03 bits per heavy atom. The van der Waals surface area contributed by atoms with E-state index in [0.717, 1.165) is 21.5 Å². The number of rotatable bonds is 1. The molecule has 156 valence electrons. The predicted octanol–water partition coefficient (Wildman–Crippen LogP) is 4.69. The zero-order valence-corrected chi connectivity index (χ0v) is 18.8. The Balaban J connectivity index is 1.58. The number of hydrazone groups is 1. The summed E-state index contributed by atoms with van der Waals surface area (Å²) in [4.78, 5) is 13.7. The first-order chi connectivity index (χ1) is 14.4. The number of likely N-dealkylation sites (tertiary alicyclic amines) is 1. The zero-order valence-electron chi connectivity index (χ0n) is 16.4. The Bertz CT molecular complexity index is 1070. The Hall–Kier alpha value is -2.25. The topological polar surface area (TPSA) is 65.4 Å². The van der Waals surface area contributed by atoms with Crippen molar-refractivity contribution in [3.8, 4) is 11.5 Å². The van der Waals surface area contributed by atoms with Crippen molar-refractivity contribution in [1.82, 2.24) is 9.91 Å². The van der Waals surface area contributed by atoms with Gasteiger partial charge in [0.05, 0.1) is 11.8 Å². The van der Waals surface area contributed by atoms with Crippen LogP contribution in [0.3, 0.4) is 0 Å². The van der Waals surface area contributed by atoms with E-state index >= 15 is 0 Å². The number of phenols is 1. The molecular formula is C22H21BrClN3O3. The van der Waals surface area contributed by atoms with E-state index in [-0.39, 0.29) is 17.7 Å². The molecule has 1 saturated heterocycles. The van der Waals surface area contributed by atoms with Crippen LogP contribution in [0.15, 0.2) is 46.0 Å². The lowest BCUT2D eigenvalue weighted by Crippen LogP contribution is -2.59. The molecule has 30 heavy (non-hydrogen) atoms. The van der Waals surface area contributed by atoms with Gasteiger partial charge in [-0.15, -0.1) is 0 Å². The van der Waals surface area contributed by atoms with Gasteiger partial charge in [-0.3, -0.25) is 4.79 Å². The highest BCUT2D eigenvalue weighted by molar-refractivity contribution is 9.10. The maximum Gasteiger partial charge on any atom is 0.219 e. The van der Waals surface area contributed by atoms with E-state index < -0.39 is 5.72 Å². The molecule has 0 unspecified atom stereocenters. The molecule has 2 aromatic carbocycles. The second-order valence-electron chi connectivity index (χ2n) is 8.01. The number of aromatic hydroxyl groups is 1. The normalized spacial score (nSPS) is 21.7. The van der Waals surface area contributed by atoms with Crippen molar-refractivity contribution in [3.05, 3.63) is 57.0 Å². The molecule has 0 bridgehead atoms. The number of hydrogen-bond acceptors (Lipinski definition) is 5. The van der Waals surface area contributed by atoms with Crippen LogP contribution in [-0.2, 0) is 4.79 Å². The summed E-state index contributed by atoms with van der Waals surface area (Å²) < 4.78 is 7.55. The minimum Gasteiger partial charge on any atom is -0.507 e. The highest BCUT2D eigenvalue weighted by Gasteiger charge is 2.52. The van der Waals surface area contributed by atoms with Gasteiger partial charge in [-0.2, -0.15) is 5.10 Å². The molecule has 3 aliphatic rings. The van der Waals surface area contributed by atoms with E-state index in [1.165, 1.54) is 0 Å². The number of halogens is 2. The fourth-order valence-electron chi connectivity index (χ4n) is 4.66. The standard InChI is InChI=1S/C22H21BrClN3O3/c1-13(28)26-8-6-22(7-9-26)27-19(17-10-14(23)2-5-21(17)30-22)12-18(25-27)16-11-15(24)3-4-20(16)29/h2-5,10-11,19,29H,6-9,12H2,1H3/t19-/m0/s1. The number of nitrogens with zero attached hydrogens (tertiary/aromatic N) is 3. The first kappa shape index (κ1) is 19.7. The summed E-state index contributed by atoms with van der Waals surface area (Å²) >= 11 is 9.76. The zero-order chi connectivity index (χ0) is 21.0. The Labute approximate surface area is 188 Å². The smallest absolute Gasteiger partial charge is 0.219 e. The summed E-state index contributed by atoms with van der Waals surface area (Å²) in [5.74, 6) is 1.09. The number of ether oxygens (including phenoxy) is 1. The number of amides is 1. The fraction of sp³-hybridized carbons (Fsp3) is 0.364. The van der Waals surface area contributed by atoms with Crippen LogP contribution in [0.2, 0.25) is 5.02 Å². The first-order valence-electron chi connectivity index (χ1n) is 9.96. The molecule has 0 radical (unpaired) electrons. The number of hydrogen-bond donors (Lipinski definition) is 1. The van der Waals surface area contributed by atoms with E-state index in [4.69, 9.17) is 21.4 Å². The number of fused-ring (bicyclic) bond motifs is 4. The maximum atomic E-state index is 11.8. The SMILES string of the molecule is CC(=O)N1CCC2(CC1)Oc1ccc(Br)cc1[C@@H]1CC(c3cc(Cl)ccc3O)=NN12. The van der Waals surface area contributed by atoms with Crippen LogP contribution in [-0.4, -0.2) is 45.4 Å². The fourth-order valence-corrected chi connectivity index (χ4v) is 5.21. The van der Waals surface area contributed by atoms with Crippen LogP contribution in [0.1, 0.15) is 43.4 Å². The van der Waals surface area contributed by atoms with Crippen molar-refractivity contribution in [1.29, 1.82) is 0 Å². The molecule has 1 fully saturated rings. The average molecular weight is 491 g/mol. The third-order valence-electron chi connectivity index (χ3n) is 6.22. The second-order valence-corrected chi connectivity index (χ2v) is 9.36. The molecule has 2 aromatic rings. The lowest BCUT2D eigenvalue weighted by atomic mass is 9.90. The van der Waals surface area contributed by atoms with Gasteiger partial charge in [0.15, 0.2) is 0 Å². The number of carbonyl (C=O) groups is 1. The van der Waals surface area contributed by atoms with Gasteiger partial charge in [0.2, 0.25) is 11.6 Å². The van der Waals surface area contributed by atoms with E-state index in [9.17, 15) is 9.90 Å². The predicted molar refractivity (Wildman–Crippen MR) is 118 cm³/mol. The van der Waals surface area contributed by atoms with E-state index in [1.54, 1.807) is 25.1 Å². The van der Waals surface area contributed by atoms with Gasteiger partial charge in [0.25, 0.3) is 0 Å². The monoisotopic (exact) mass is 489 g/mol. The summed E-state index contributed by atoms with van der Waals surface area (Å²) in [6, 6.07) is 11.0. The minimum absolute atomic E-state index is 0.0106. The Morgan fingerprint density at radius 3 is 2.77 bits per heavy atom. The van der Waals surface area contributed by atoms with Gasteiger partial charge in [0.1, 0.15) is 11.5 Å². The molecular weight excluding hydrogens is 470 g/mol. The molecule has 0 saturated carbocycles. The Morgan fingerprint density at radius 1 is 1.27 bits per heavy atom. The van der Waals surface area contributed by atoms with Crippen molar-refractivity contribution < 1.29 is 14.6 Å². The first-order valence-corrected chi connectivity index (χ1v) is 11.1. The van der Waals surface area contributed by atoms with Crippen molar-refractivity contribution in [2.75, 3.05) is 13.1 Å². The molecule has 0 aliphatic carbocycles. The third kappa shape index (κ3) is 3.15. The summed E-state index contributed by atoms with van der Waals surface area (Å²) in [6.45, 7) is 2.85. The molecule has 1 N–H and O–H groups in total. The van der Waals surface area contributed by atoms with Crippen LogP contribution >= 0.6 is 27.5 Å². The summed E-state index contributed by atoms with van der Waals surface area (Å²) in [6.07, 6.45) is 1.96. The van der Waals surface area contributed by atoms with Crippen LogP contribution in [0, 0.1) is 0 Å². The molecule has 1 atom stereocenters. The van der Waals surface area contributed by atoms with Gasteiger partial charge < -0.3 is 14.7 Å². The number of piperidine rings is 1. The molecule has 3 heterocycles. The summed E-state index contributed by atoms with van der Waals surface area (Å²) in [5.41, 5.74) is 1.87. The third-order valence-corrected chi connectivity index (χ3v) is 6.95. The van der Waals surface area contributed by atoms with Gasteiger partial charge in [-0.25, -0.2) is 5.01 Å². The number of benzene rings is 2. The van der Waals surface area contributed by atoms with Crippen LogP contribution in [0.25, 0.3) is 0 Å². The molecule has 8 heteroatoms. The molecule has 5 rings (SSSR count). The largest absolute Gasteiger partial charge is 0.507 e. The van der Waals surface area contributed by atoms with Gasteiger partial charge in [-0.1, -0.05) is 27.5 Å². The van der Waals surface area contributed by atoms with Crippen molar-refractivity contribution in [2.24, 2.45) is 5.10 Å². The molecule has 6 nitrogen and oxygen atoms in total. The van der Waals surface area contributed by atoms with E-state index in [1.807, 2.05) is 17.0 Å². The lowest BCUT2D eigenvalue weighted by Gasteiger charge is -2.51. The van der Waals surface area contributed by atoms with Crippen molar-refractivity contribution in [3.63, 3.8) is 0 Å².